The summed E-state index contributed by atoms with van der Waals surface area (Å²) in [7, 11) is 0. The molecule has 0 unspecified atom stereocenters. The summed E-state index contributed by atoms with van der Waals surface area (Å²) in [5, 5.41) is 5.17. The first-order valence-electron chi connectivity index (χ1n) is 7.60. The molecule has 24 heavy (non-hydrogen) atoms. The van der Waals surface area contributed by atoms with Crippen LogP contribution in [0.2, 0.25) is 0 Å². The van der Waals surface area contributed by atoms with Gasteiger partial charge in [0.15, 0.2) is 0 Å². The number of carbonyl (C=O) groups is 2. The highest BCUT2D eigenvalue weighted by molar-refractivity contribution is 6.13. The number of hydrogen-bond donors (Lipinski definition) is 2. The summed E-state index contributed by atoms with van der Waals surface area (Å²) in [5.41, 5.74) is -0.502. The minimum atomic E-state index is -1.16. The van der Waals surface area contributed by atoms with Crippen LogP contribution in [-0.2, 0) is 16.1 Å². The number of anilines is 1. The van der Waals surface area contributed by atoms with Crippen LogP contribution in [0.3, 0.4) is 0 Å². The van der Waals surface area contributed by atoms with Crippen molar-refractivity contribution < 1.29 is 18.4 Å². The lowest BCUT2D eigenvalue weighted by molar-refractivity contribution is -0.134. The predicted octanol–water partition coefficient (Wildman–Crippen LogP) is 3.00. The normalized spacial score (nSPS) is 14.8. The molecule has 3 rings (SSSR count). The van der Waals surface area contributed by atoms with Crippen molar-refractivity contribution in [3.05, 3.63) is 65.7 Å². The van der Waals surface area contributed by atoms with Gasteiger partial charge in [0.05, 0.1) is 0 Å². The number of carbonyl (C=O) groups excluding carboxylic acids is 2. The van der Waals surface area contributed by atoms with E-state index in [1.54, 1.807) is 24.3 Å². The zero-order chi connectivity index (χ0) is 17.2. The van der Waals surface area contributed by atoms with E-state index in [2.05, 4.69) is 10.6 Å². The summed E-state index contributed by atoms with van der Waals surface area (Å²) in [4.78, 5) is 24.7. The number of halogens is 2. The molecular formula is C18H16F2N2O2. The van der Waals surface area contributed by atoms with Gasteiger partial charge in [0.25, 0.3) is 0 Å². The summed E-state index contributed by atoms with van der Waals surface area (Å²) >= 11 is 0. The van der Waals surface area contributed by atoms with Crippen molar-refractivity contribution in [3.8, 4) is 0 Å². The van der Waals surface area contributed by atoms with Gasteiger partial charge in [-0.25, -0.2) is 8.78 Å². The zero-order valence-corrected chi connectivity index (χ0v) is 12.8. The van der Waals surface area contributed by atoms with Crippen LogP contribution in [0.25, 0.3) is 0 Å². The van der Waals surface area contributed by atoms with E-state index in [0.717, 1.165) is 0 Å². The Morgan fingerprint density at radius 2 is 1.75 bits per heavy atom. The quantitative estimate of drug-likeness (QED) is 0.828. The molecule has 1 aliphatic rings. The summed E-state index contributed by atoms with van der Waals surface area (Å²) in [6, 6.07) is 11.6. The van der Waals surface area contributed by atoms with E-state index in [4.69, 9.17) is 0 Å². The molecule has 0 bridgehead atoms. The second-order valence-electron chi connectivity index (χ2n) is 5.82. The highest BCUT2D eigenvalue weighted by atomic mass is 19.1. The van der Waals surface area contributed by atoms with Gasteiger partial charge in [0.1, 0.15) is 17.0 Å². The molecule has 124 valence electrons. The van der Waals surface area contributed by atoms with Crippen LogP contribution in [0.4, 0.5) is 14.5 Å². The molecule has 0 radical (unpaired) electrons. The van der Waals surface area contributed by atoms with Gasteiger partial charge in [0, 0.05) is 17.8 Å². The molecule has 6 heteroatoms. The molecule has 1 aliphatic carbocycles. The summed E-state index contributed by atoms with van der Waals surface area (Å²) < 4.78 is 26.7. The summed E-state index contributed by atoms with van der Waals surface area (Å²) in [6.45, 7) is 0.0144. The molecule has 2 aromatic carbocycles. The molecule has 2 N–H and O–H groups in total. The fourth-order valence-electron chi connectivity index (χ4n) is 2.49. The number of hydrogen-bond acceptors (Lipinski definition) is 2. The molecule has 0 spiro atoms. The minimum absolute atomic E-state index is 0.0144. The van der Waals surface area contributed by atoms with E-state index in [1.807, 2.05) is 0 Å². The molecule has 1 saturated carbocycles. The van der Waals surface area contributed by atoms with Crippen molar-refractivity contribution in [2.75, 3.05) is 5.32 Å². The van der Waals surface area contributed by atoms with Gasteiger partial charge in [-0.3, -0.25) is 9.59 Å². The van der Waals surface area contributed by atoms with Gasteiger partial charge >= 0.3 is 0 Å². The lowest BCUT2D eigenvalue weighted by atomic mass is 10.0. The Kier molecular flexibility index (Phi) is 4.29. The highest BCUT2D eigenvalue weighted by Crippen LogP contribution is 2.46. The van der Waals surface area contributed by atoms with Crippen LogP contribution in [-0.4, -0.2) is 11.8 Å². The van der Waals surface area contributed by atoms with Crippen molar-refractivity contribution in [2.45, 2.75) is 19.4 Å². The number of benzene rings is 2. The third kappa shape index (κ3) is 3.27. The lowest BCUT2D eigenvalue weighted by Crippen LogP contribution is -2.39. The topological polar surface area (TPSA) is 58.2 Å². The fraction of sp³-hybridized carbons (Fsp3) is 0.222. The van der Waals surface area contributed by atoms with Crippen molar-refractivity contribution in [1.29, 1.82) is 0 Å². The van der Waals surface area contributed by atoms with Crippen LogP contribution in [0.5, 0.6) is 0 Å². The Hall–Kier alpha value is -2.76. The largest absolute Gasteiger partial charge is 0.351 e. The van der Waals surface area contributed by atoms with Gasteiger partial charge in [-0.05, 0) is 37.1 Å². The first-order valence-corrected chi connectivity index (χ1v) is 7.60. The second kappa shape index (κ2) is 6.39. The molecular weight excluding hydrogens is 314 g/mol. The predicted molar refractivity (Wildman–Crippen MR) is 84.9 cm³/mol. The van der Waals surface area contributed by atoms with Crippen molar-refractivity contribution in [2.24, 2.45) is 5.41 Å². The molecule has 1 fully saturated rings. The minimum Gasteiger partial charge on any atom is -0.351 e. The van der Waals surface area contributed by atoms with Crippen LogP contribution < -0.4 is 10.6 Å². The molecule has 0 saturated heterocycles. The SMILES string of the molecule is O=C(NCc1ccccc1F)C1(C(=O)Nc2cccc(F)c2)CC1. The Balaban J connectivity index is 1.63. The van der Waals surface area contributed by atoms with E-state index in [9.17, 15) is 18.4 Å². The highest BCUT2D eigenvalue weighted by Gasteiger charge is 2.56. The molecule has 2 amide bonds. The Labute approximate surface area is 137 Å². The van der Waals surface area contributed by atoms with Gasteiger partial charge in [-0.1, -0.05) is 24.3 Å². The van der Waals surface area contributed by atoms with Crippen LogP contribution in [0.1, 0.15) is 18.4 Å². The zero-order valence-electron chi connectivity index (χ0n) is 12.8. The van der Waals surface area contributed by atoms with Crippen LogP contribution >= 0.6 is 0 Å². The number of amides is 2. The molecule has 0 aliphatic heterocycles. The Bertz CT molecular complexity index is 788. The maximum atomic E-state index is 13.6. The van der Waals surface area contributed by atoms with E-state index < -0.39 is 28.9 Å². The average molecular weight is 330 g/mol. The van der Waals surface area contributed by atoms with Crippen molar-refractivity contribution >= 4 is 17.5 Å². The van der Waals surface area contributed by atoms with E-state index in [-0.39, 0.29) is 6.54 Å². The third-order valence-electron chi connectivity index (χ3n) is 4.10. The maximum Gasteiger partial charge on any atom is 0.240 e. The fourth-order valence-corrected chi connectivity index (χ4v) is 2.49. The van der Waals surface area contributed by atoms with Crippen LogP contribution in [0.15, 0.2) is 48.5 Å². The lowest BCUT2D eigenvalue weighted by Gasteiger charge is -2.15. The molecule has 2 aromatic rings. The third-order valence-corrected chi connectivity index (χ3v) is 4.10. The van der Waals surface area contributed by atoms with E-state index in [1.165, 1.54) is 24.3 Å². The summed E-state index contributed by atoms with van der Waals surface area (Å²) in [6.07, 6.45) is 0.828. The van der Waals surface area contributed by atoms with Gasteiger partial charge in [0.2, 0.25) is 11.8 Å². The summed E-state index contributed by atoms with van der Waals surface area (Å²) in [5.74, 6) is -1.80. The van der Waals surface area contributed by atoms with E-state index >= 15 is 0 Å². The van der Waals surface area contributed by atoms with Crippen molar-refractivity contribution in [1.82, 2.24) is 5.32 Å². The molecule has 0 heterocycles. The number of nitrogens with one attached hydrogen (secondary N) is 2. The van der Waals surface area contributed by atoms with E-state index in [0.29, 0.717) is 24.1 Å². The number of rotatable bonds is 5. The van der Waals surface area contributed by atoms with Crippen LogP contribution in [0, 0.1) is 17.0 Å². The molecule has 4 nitrogen and oxygen atoms in total. The Morgan fingerprint density at radius 1 is 1.00 bits per heavy atom. The average Bonchev–Trinajstić information content (AvgIpc) is 3.36. The monoisotopic (exact) mass is 330 g/mol. The molecule has 0 atom stereocenters. The standard InChI is InChI=1S/C18H16F2N2O2/c19-13-5-3-6-14(10-13)22-17(24)18(8-9-18)16(23)21-11-12-4-1-2-7-15(12)20/h1-7,10H,8-9,11H2,(H,21,23)(H,22,24). The second-order valence-corrected chi connectivity index (χ2v) is 5.82. The Morgan fingerprint density at radius 3 is 2.42 bits per heavy atom. The smallest absolute Gasteiger partial charge is 0.240 e. The van der Waals surface area contributed by atoms with Gasteiger partial charge in [-0.2, -0.15) is 0 Å². The first-order chi connectivity index (χ1) is 11.5. The van der Waals surface area contributed by atoms with Gasteiger partial charge < -0.3 is 10.6 Å². The maximum absolute atomic E-state index is 13.6. The first kappa shape index (κ1) is 16.1. The molecule has 0 aromatic heterocycles. The van der Waals surface area contributed by atoms with Gasteiger partial charge in [-0.15, -0.1) is 0 Å². The van der Waals surface area contributed by atoms with Crippen molar-refractivity contribution in [3.63, 3.8) is 0 Å².